The summed E-state index contributed by atoms with van der Waals surface area (Å²) in [5.41, 5.74) is 4.25. The van der Waals surface area contributed by atoms with E-state index in [9.17, 15) is 4.79 Å². The van der Waals surface area contributed by atoms with Crippen LogP contribution in [0.1, 0.15) is 29.7 Å². The molecule has 8 nitrogen and oxygen atoms in total. The maximum Gasteiger partial charge on any atom is 0.320 e. The number of carbonyl (C=O) groups is 1. The highest BCUT2D eigenvalue weighted by atomic mass is 16.5. The van der Waals surface area contributed by atoms with E-state index in [2.05, 4.69) is 11.1 Å². The largest absolute Gasteiger partial charge is 0.497 e. The van der Waals surface area contributed by atoms with Crippen molar-refractivity contribution in [1.82, 2.24) is 14.8 Å². The fourth-order valence-electron chi connectivity index (χ4n) is 5.01. The molecule has 1 saturated heterocycles. The van der Waals surface area contributed by atoms with Crippen molar-refractivity contribution in [2.45, 2.75) is 19.4 Å². The van der Waals surface area contributed by atoms with Crippen molar-refractivity contribution in [3.63, 3.8) is 0 Å². The molecule has 1 aromatic heterocycles. The van der Waals surface area contributed by atoms with E-state index >= 15 is 0 Å². The molecule has 0 spiro atoms. The molecule has 2 aliphatic heterocycles. The van der Waals surface area contributed by atoms with Crippen molar-refractivity contribution >= 4 is 16.9 Å². The topological polar surface area (TPSA) is 76.3 Å². The minimum Gasteiger partial charge on any atom is -0.497 e. The third-order valence-electron chi connectivity index (χ3n) is 6.70. The van der Waals surface area contributed by atoms with Gasteiger partial charge in [-0.3, -0.25) is 0 Å². The highest BCUT2D eigenvalue weighted by Gasteiger charge is 2.37. The lowest BCUT2D eigenvalue weighted by Crippen LogP contribution is -2.51. The Hall–Kier alpha value is -3.39. The van der Waals surface area contributed by atoms with Gasteiger partial charge >= 0.3 is 6.03 Å². The molecule has 8 heteroatoms. The van der Waals surface area contributed by atoms with Crippen LogP contribution in [0.3, 0.4) is 0 Å². The molecule has 0 aliphatic carbocycles. The number of nitrogens with zero attached hydrogens (tertiary/aromatic N) is 2. The number of hydrogen-bond donors (Lipinski definition) is 1. The quantitative estimate of drug-likeness (QED) is 0.617. The first-order valence-electron chi connectivity index (χ1n) is 11.8. The fourth-order valence-corrected chi connectivity index (χ4v) is 5.01. The van der Waals surface area contributed by atoms with E-state index in [0.717, 1.165) is 39.8 Å². The third kappa shape index (κ3) is 3.92. The number of hydrogen-bond acceptors (Lipinski definition) is 5. The van der Waals surface area contributed by atoms with E-state index in [1.165, 1.54) is 0 Å². The van der Waals surface area contributed by atoms with Crippen LogP contribution in [0.15, 0.2) is 36.5 Å². The number of rotatable bonds is 5. The second kappa shape index (κ2) is 9.46. The van der Waals surface area contributed by atoms with Gasteiger partial charge < -0.3 is 33.7 Å². The second-order valence-electron chi connectivity index (χ2n) is 8.52. The van der Waals surface area contributed by atoms with Gasteiger partial charge in [-0.2, -0.15) is 0 Å². The summed E-state index contributed by atoms with van der Waals surface area (Å²) in [5.74, 6) is 2.18. The van der Waals surface area contributed by atoms with Crippen molar-refractivity contribution in [3.05, 3.63) is 53.2 Å². The van der Waals surface area contributed by atoms with Gasteiger partial charge in [0.2, 0.25) is 0 Å². The maximum absolute atomic E-state index is 13.8. The summed E-state index contributed by atoms with van der Waals surface area (Å²) in [7, 11) is 3.32. The molecule has 34 heavy (non-hydrogen) atoms. The van der Waals surface area contributed by atoms with Gasteiger partial charge in [0.1, 0.15) is 5.75 Å². The van der Waals surface area contributed by atoms with E-state index in [1.54, 1.807) is 14.2 Å². The van der Waals surface area contributed by atoms with E-state index < -0.39 is 0 Å². The molecule has 3 aromatic rings. The summed E-state index contributed by atoms with van der Waals surface area (Å²) >= 11 is 0. The number of aromatic nitrogens is 1. The molecule has 1 atom stereocenters. The first-order chi connectivity index (χ1) is 16.6. The number of H-pyrrole nitrogens is 1. The molecule has 1 N–H and O–H groups in total. The van der Waals surface area contributed by atoms with Crippen molar-refractivity contribution in [1.29, 1.82) is 0 Å². The first-order valence-corrected chi connectivity index (χ1v) is 11.8. The number of urea groups is 1. The van der Waals surface area contributed by atoms with Crippen LogP contribution in [-0.4, -0.2) is 74.5 Å². The summed E-state index contributed by atoms with van der Waals surface area (Å²) < 4.78 is 22.5. The number of amides is 2. The predicted octanol–water partition coefficient (Wildman–Crippen LogP) is 3.98. The fraction of sp³-hybridized carbons (Fsp3) is 0.423. The van der Waals surface area contributed by atoms with Crippen LogP contribution in [-0.2, 0) is 11.2 Å². The van der Waals surface area contributed by atoms with E-state index in [1.807, 2.05) is 47.2 Å². The lowest BCUT2D eigenvalue weighted by molar-refractivity contribution is 0.0400. The predicted molar refractivity (Wildman–Crippen MR) is 129 cm³/mol. The Labute approximate surface area is 199 Å². The Bertz CT molecular complexity index is 1180. The van der Waals surface area contributed by atoms with Crippen LogP contribution in [0.25, 0.3) is 10.9 Å². The average Bonchev–Trinajstić information content (AvgIpc) is 3.30. The number of nitrogens with one attached hydrogen (secondary N) is 1. The molecule has 0 bridgehead atoms. The first kappa shape index (κ1) is 22.4. The highest BCUT2D eigenvalue weighted by molar-refractivity contribution is 5.87. The van der Waals surface area contributed by atoms with Crippen molar-refractivity contribution < 1.29 is 23.7 Å². The van der Waals surface area contributed by atoms with Gasteiger partial charge in [0, 0.05) is 42.3 Å². The Morgan fingerprint density at radius 1 is 1.06 bits per heavy atom. The minimum absolute atomic E-state index is 0.0324. The molecule has 2 amide bonds. The number of fused-ring (bicyclic) bond motifs is 2. The molecule has 2 aromatic carbocycles. The van der Waals surface area contributed by atoms with E-state index in [4.69, 9.17) is 18.9 Å². The lowest BCUT2D eigenvalue weighted by Gasteiger charge is -2.41. The normalized spacial score (nSPS) is 18.0. The molecule has 3 heterocycles. The standard InChI is InChI=1S/C26H31N3O5/c1-4-34-24-15-19-17(13-23(24)32-3)7-8-29(26(30)28-9-11-33-12-10-28)25(19)21-16-27-22-6-5-18(31-2)14-20(21)22/h5-6,13-16,25,27H,4,7-12H2,1-3H3. The molecule has 1 unspecified atom stereocenters. The summed E-state index contributed by atoms with van der Waals surface area (Å²) in [6.45, 7) is 5.43. The lowest BCUT2D eigenvalue weighted by atomic mass is 9.87. The number of carbonyl (C=O) groups excluding carboxylic acids is 1. The zero-order valence-electron chi connectivity index (χ0n) is 19.9. The third-order valence-corrected chi connectivity index (χ3v) is 6.70. The van der Waals surface area contributed by atoms with Gasteiger partial charge in [0.25, 0.3) is 0 Å². The number of methoxy groups -OCH3 is 2. The molecule has 2 aliphatic rings. The van der Waals surface area contributed by atoms with Gasteiger partial charge in [0.15, 0.2) is 11.5 Å². The van der Waals surface area contributed by atoms with Crippen molar-refractivity contribution in [2.75, 3.05) is 53.7 Å². The monoisotopic (exact) mass is 465 g/mol. The smallest absolute Gasteiger partial charge is 0.320 e. The average molecular weight is 466 g/mol. The Kier molecular flexibility index (Phi) is 6.24. The zero-order chi connectivity index (χ0) is 23.7. The number of aromatic amines is 1. The molecular weight excluding hydrogens is 434 g/mol. The molecule has 0 radical (unpaired) electrons. The van der Waals surface area contributed by atoms with Crippen LogP contribution in [0.5, 0.6) is 17.2 Å². The van der Waals surface area contributed by atoms with Gasteiger partial charge in [-0.25, -0.2) is 4.79 Å². The summed E-state index contributed by atoms with van der Waals surface area (Å²) in [4.78, 5) is 21.0. The van der Waals surface area contributed by atoms with E-state index in [0.29, 0.717) is 51.0 Å². The Balaban J connectivity index is 1.66. The summed E-state index contributed by atoms with van der Waals surface area (Å²) in [6.07, 6.45) is 2.75. The van der Waals surface area contributed by atoms with Gasteiger partial charge in [0.05, 0.1) is 40.1 Å². The van der Waals surface area contributed by atoms with Crippen molar-refractivity contribution in [2.24, 2.45) is 0 Å². The van der Waals surface area contributed by atoms with Crippen molar-refractivity contribution in [3.8, 4) is 17.2 Å². The van der Waals surface area contributed by atoms with Crippen LogP contribution >= 0.6 is 0 Å². The molecule has 0 saturated carbocycles. The SMILES string of the molecule is CCOc1cc2c(cc1OC)CCN(C(=O)N1CCOCC1)C2c1c[nH]c2ccc(OC)cc12. The molecule has 1 fully saturated rings. The number of benzene rings is 2. The number of morpholine rings is 1. The van der Waals surface area contributed by atoms with Crippen LogP contribution in [0.4, 0.5) is 4.79 Å². The van der Waals surface area contributed by atoms with Gasteiger partial charge in [-0.15, -0.1) is 0 Å². The highest BCUT2D eigenvalue weighted by Crippen LogP contribution is 2.43. The van der Waals surface area contributed by atoms with Crippen LogP contribution in [0.2, 0.25) is 0 Å². The maximum atomic E-state index is 13.8. The molecular formula is C26H31N3O5. The summed E-state index contributed by atoms with van der Waals surface area (Å²) in [6, 6.07) is 9.83. The van der Waals surface area contributed by atoms with Gasteiger partial charge in [-0.05, 0) is 54.8 Å². The van der Waals surface area contributed by atoms with Gasteiger partial charge in [-0.1, -0.05) is 0 Å². The second-order valence-corrected chi connectivity index (χ2v) is 8.52. The molecule has 5 rings (SSSR count). The van der Waals surface area contributed by atoms with Crippen LogP contribution < -0.4 is 14.2 Å². The molecule has 180 valence electrons. The Morgan fingerprint density at radius 2 is 1.88 bits per heavy atom. The van der Waals surface area contributed by atoms with Crippen LogP contribution in [0, 0.1) is 0 Å². The Morgan fingerprint density at radius 3 is 2.62 bits per heavy atom. The van der Waals surface area contributed by atoms with E-state index in [-0.39, 0.29) is 12.1 Å². The summed E-state index contributed by atoms with van der Waals surface area (Å²) in [5, 5.41) is 1.03. The number of ether oxygens (including phenoxy) is 4. The zero-order valence-corrected chi connectivity index (χ0v) is 19.9. The minimum atomic E-state index is -0.273.